The SMILES string of the molecule is CC(OC(=O)Nc1conc1-c1ccc(-c2ccc3c(c2)OCC(C(=O)O)O3)cc1)c1ccccc1. The van der Waals surface area contributed by atoms with Crippen molar-refractivity contribution in [3.63, 3.8) is 0 Å². The largest absolute Gasteiger partial charge is 0.485 e. The number of benzene rings is 3. The van der Waals surface area contributed by atoms with Gasteiger partial charge in [-0.2, -0.15) is 0 Å². The van der Waals surface area contributed by atoms with E-state index in [0.717, 1.165) is 22.3 Å². The molecule has 1 aromatic heterocycles. The maximum Gasteiger partial charge on any atom is 0.412 e. The van der Waals surface area contributed by atoms with E-state index in [4.69, 9.17) is 23.8 Å². The van der Waals surface area contributed by atoms with Gasteiger partial charge in [-0.25, -0.2) is 9.59 Å². The van der Waals surface area contributed by atoms with Gasteiger partial charge in [-0.3, -0.25) is 5.32 Å². The lowest BCUT2D eigenvalue weighted by atomic mass is 10.0. The standard InChI is InChI=1S/C27H22N2O7/c1-16(17-5-3-2-4-6-17)35-27(32)28-21-14-34-29-25(21)19-9-7-18(8-10-19)20-11-12-22-23(13-20)33-15-24(36-22)26(30)31/h2-14,16,24H,15H2,1H3,(H,28,32)(H,30,31). The number of amides is 1. The molecule has 5 rings (SSSR count). The number of carboxylic acids is 1. The maximum atomic E-state index is 12.4. The lowest BCUT2D eigenvalue weighted by molar-refractivity contribution is -0.147. The highest BCUT2D eigenvalue weighted by Crippen LogP contribution is 2.37. The number of anilines is 1. The molecule has 1 aliphatic heterocycles. The Labute approximate surface area is 206 Å². The molecular weight excluding hydrogens is 464 g/mol. The van der Waals surface area contributed by atoms with E-state index >= 15 is 0 Å². The first-order chi connectivity index (χ1) is 17.5. The van der Waals surface area contributed by atoms with E-state index in [1.807, 2.05) is 60.7 Å². The van der Waals surface area contributed by atoms with Gasteiger partial charge in [0.05, 0.1) is 0 Å². The summed E-state index contributed by atoms with van der Waals surface area (Å²) in [6.07, 6.45) is -0.710. The molecule has 9 nitrogen and oxygen atoms in total. The molecule has 3 aromatic carbocycles. The fourth-order valence-electron chi connectivity index (χ4n) is 3.82. The van der Waals surface area contributed by atoms with Crippen LogP contribution in [0.5, 0.6) is 11.5 Å². The van der Waals surface area contributed by atoms with Crippen molar-refractivity contribution in [3.8, 4) is 33.9 Å². The lowest BCUT2D eigenvalue weighted by Gasteiger charge is -2.24. The summed E-state index contributed by atoms with van der Waals surface area (Å²) in [5.41, 5.74) is 4.25. The van der Waals surface area contributed by atoms with Crippen LogP contribution in [-0.4, -0.2) is 35.0 Å². The first-order valence-electron chi connectivity index (χ1n) is 11.2. The summed E-state index contributed by atoms with van der Waals surface area (Å²) >= 11 is 0. The van der Waals surface area contributed by atoms with Crippen LogP contribution in [0.25, 0.3) is 22.4 Å². The predicted octanol–water partition coefficient (Wildman–Crippen LogP) is 5.54. The average Bonchev–Trinajstić information content (AvgIpc) is 3.36. The third kappa shape index (κ3) is 4.85. The van der Waals surface area contributed by atoms with E-state index in [0.29, 0.717) is 22.9 Å². The first kappa shape index (κ1) is 23.0. The van der Waals surface area contributed by atoms with Crippen molar-refractivity contribution >= 4 is 17.7 Å². The normalized spacial score (nSPS) is 15.1. The number of fused-ring (bicyclic) bond motifs is 1. The summed E-state index contributed by atoms with van der Waals surface area (Å²) in [5, 5.41) is 15.8. The van der Waals surface area contributed by atoms with Crippen LogP contribution in [0.2, 0.25) is 0 Å². The number of hydrogen-bond acceptors (Lipinski definition) is 7. The number of carbonyl (C=O) groups excluding carboxylic acids is 1. The van der Waals surface area contributed by atoms with Crippen molar-refractivity contribution in [1.29, 1.82) is 0 Å². The van der Waals surface area contributed by atoms with Crippen molar-refractivity contribution in [2.45, 2.75) is 19.1 Å². The number of aromatic nitrogens is 1. The van der Waals surface area contributed by atoms with Gasteiger partial charge in [-0.1, -0.05) is 65.8 Å². The van der Waals surface area contributed by atoms with Crippen molar-refractivity contribution in [2.24, 2.45) is 0 Å². The van der Waals surface area contributed by atoms with E-state index in [2.05, 4.69) is 10.5 Å². The van der Waals surface area contributed by atoms with Gasteiger partial charge in [0, 0.05) is 5.56 Å². The van der Waals surface area contributed by atoms with Gasteiger partial charge in [-0.05, 0) is 35.7 Å². The van der Waals surface area contributed by atoms with E-state index in [1.165, 1.54) is 6.26 Å². The third-order valence-corrected chi connectivity index (χ3v) is 5.73. The molecule has 1 amide bonds. The lowest BCUT2D eigenvalue weighted by Crippen LogP contribution is -2.36. The topological polar surface area (TPSA) is 120 Å². The van der Waals surface area contributed by atoms with Gasteiger partial charge in [0.25, 0.3) is 0 Å². The van der Waals surface area contributed by atoms with Gasteiger partial charge in [0.2, 0.25) is 6.10 Å². The van der Waals surface area contributed by atoms with Crippen molar-refractivity contribution in [3.05, 3.63) is 84.6 Å². The Kier molecular flexibility index (Phi) is 6.27. The minimum atomic E-state index is -1.07. The Morgan fingerprint density at radius 1 is 1.00 bits per heavy atom. The second-order valence-corrected chi connectivity index (χ2v) is 8.15. The van der Waals surface area contributed by atoms with Crippen LogP contribution < -0.4 is 14.8 Å². The van der Waals surface area contributed by atoms with Gasteiger partial charge < -0.3 is 23.8 Å². The molecule has 0 bridgehead atoms. The summed E-state index contributed by atoms with van der Waals surface area (Å²) in [4.78, 5) is 23.6. The van der Waals surface area contributed by atoms with Crippen LogP contribution in [0.1, 0.15) is 18.6 Å². The molecule has 0 saturated heterocycles. The minimum absolute atomic E-state index is 0.0563. The highest BCUT2D eigenvalue weighted by atomic mass is 16.6. The van der Waals surface area contributed by atoms with Gasteiger partial charge in [0.1, 0.15) is 30.4 Å². The fourth-order valence-corrected chi connectivity index (χ4v) is 3.82. The van der Waals surface area contributed by atoms with Crippen LogP contribution in [-0.2, 0) is 9.53 Å². The number of nitrogens with one attached hydrogen (secondary N) is 1. The highest BCUT2D eigenvalue weighted by Gasteiger charge is 2.27. The fraction of sp³-hybridized carbons (Fsp3) is 0.148. The zero-order valence-electron chi connectivity index (χ0n) is 19.2. The van der Waals surface area contributed by atoms with E-state index < -0.39 is 24.3 Å². The molecule has 2 N–H and O–H groups in total. The molecule has 4 aromatic rings. The van der Waals surface area contributed by atoms with Gasteiger partial charge >= 0.3 is 12.1 Å². The number of aliphatic carboxylic acids is 1. The Bertz CT molecular complexity index is 1380. The number of rotatable bonds is 6. The molecule has 182 valence electrons. The van der Waals surface area contributed by atoms with Crippen LogP contribution in [0, 0.1) is 0 Å². The molecule has 0 radical (unpaired) electrons. The van der Waals surface area contributed by atoms with Crippen LogP contribution in [0.15, 0.2) is 83.6 Å². The Hall–Kier alpha value is -4.79. The molecule has 2 heterocycles. The Balaban J connectivity index is 1.28. The Morgan fingerprint density at radius 3 is 2.47 bits per heavy atom. The maximum absolute atomic E-state index is 12.4. The number of nitrogens with zero attached hydrogens (tertiary/aromatic N) is 1. The second-order valence-electron chi connectivity index (χ2n) is 8.15. The van der Waals surface area contributed by atoms with Crippen LogP contribution in [0.3, 0.4) is 0 Å². The van der Waals surface area contributed by atoms with Crippen molar-refractivity contribution in [1.82, 2.24) is 5.16 Å². The molecule has 0 fully saturated rings. The molecule has 2 unspecified atom stereocenters. The van der Waals surface area contributed by atoms with E-state index in [9.17, 15) is 9.59 Å². The zero-order valence-corrected chi connectivity index (χ0v) is 19.2. The summed E-state index contributed by atoms with van der Waals surface area (Å²) in [7, 11) is 0. The summed E-state index contributed by atoms with van der Waals surface area (Å²) in [5.74, 6) is -0.192. The van der Waals surface area contributed by atoms with Crippen molar-refractivity contribution < 1.29 is 33.4 Å². The molecule has 2 atom stereocenters. The summed E-state index contributed by atoms with van der Waals surface area (Å²) < 4.78 is 21.6. The highest BCUT2D eigenvalue weighted by molar-refractivity contribution is 5.90. The molecule has 1 aliphatic rings. The van der Waals surface area contributed by atoms with E-state index in [-0.39, 0.29) is 6.61 Å². The smallest absolute Gasteiger partial charge is 0.412 e. The minimum Gasteiger partial charge on any atom is -0.485 e. The van der Waals surface area contributed by atoms with Crippen LogP contribution in [0.4, 0.5) is 10.5 Å². The number of carboxylic acid groups (broad SMARTS) is 1. The number of carbonyl (C=O) groups is 2. The monoisotopic (exact) mass is 486 g/mol. The van der Waals surface area contributed by atoms with Crippen molar-refractivity contribution in [2.75, 3.05) is 11.9 Å². The summed E-state index contributed by atoms with van der Waals surface area (Å²) in [6.45, 7) is 1.74. The van der Waals surface area contributed by atoms with Gasteiger partial charge in [-0.15, -0.1) is 0 Å². The number of ether oxygens (including phenoxy) is 3. The quantitative estimate of drug-likeness (QED) is 0.364. The molecule has 9 heteroatoms. The molecular formula is C27H22N2O7. The summed E-state index contributed by atoms with van der Waals surface area (Å²) in [6, 6.07) is 22.3. The number of hydrogen-bond donors (Lipinski definition) is 2. The van der Waals surface area contributed by atoms with Crippen LogP contribution >= 0.6 is 0 Å². The second kappa shape index (κ2) is 9.83. The van der Waals surface area contributed by atoms with E-state index in [1.54, 1.807) is 19.1 Å². The third-order valence-electron chi connectivity index (χ3n) is 5.73. The predicted molar refractivity (Wildman–Crippen MR) is 130 cm³/mol. The molecule has 36 heavy (non-hydrogen) atoms. The Morgan fingerprint density at radius 2 is 1.72 bits per heavy atom. The zero-order chi connectivity index (χ0) is 25.1. The average molecular weight is 486 g/mol. The first-order valence-corrected chi connectivity index (χ1v) is 11.2. The van der Waals surface area contributed by atoms with Gasteiger partial charge in [0.15, 0.2) is 11.5 Å². The molecule has 0 saturated carbocycles. The molecule has 0 spiro atoms. The molecule has 0 aliphatic carbocycles.